The molecule has 3 heterocycles. The molecule has 2 saturated heterocycles. The molecule has 1 unspecified atom stereocenters. The molecule has 9 heteroatoms. The van der Waals surface area contributed by atoms with Crippen molar-refractivity contribution < 1.29 is 13.2 Å². The van der Waals surface area contributed by atoms with Crippen molar-refractivity contribution in [3.05, 3.63) is 84.2 Å². The smallest absolute Gasteiger partial charge is 0.259 e. The van der Waals surface area contributed by atoms with Crippen molar-refractivity contribution in [2.24, 2.45) is 0 Å². The van der Waals surface area contributed by atoms with Crippen molar-refractivity contribution in [1.82, 2.24) is 15.2 Å². The highest BCUT2D eigenvalue weighted by molar-refractivity contribution is 7.92. The normalized spacial score (nSPS) is 21.7. The van der Waals surface area contributed by atoms with Gasteiger partial charge in [-0.3, -0.25) is 24.4 Å². The van der Waals surface area contributed by atoms with Gasteiger partial charge in [0.1, 0.15) is 5.54 Å². The summed E-state index contributed by atoms with van der Waals surface area (Å²) in [7, 11) is -3.33. The zero-order valence-corrected chi connectivity index (χ0v) is 20.3. The van der Waals surface area contributed by atoms with E-state index in [0.717, 1.165) is 28.7 Å². The van der Waals surface area contributed by atoms with Crippen molar-refractivity contribution in [3.63, 3.8) is 0 Å². The molecule has 1 amide bonds. The second kappa shape index (κ2) is 8.81. The summed E-state index contributed by atoms with van der Waals surface area (Å²) in [6.45, 7) is 2.41. The second-order valence-corrected chi connectivity index (χ2v) is 11.1. The molecule has 2 aromatic carbocycles. The zero-order chi connectivity index (χ0) is 24.6. The van der Waals surface area contributed by atoms with Gasteiger partial charge in [-0.25, -0.2) is 8.42 Å². The Morgan fingerprint density at radius 2 is 1.86 bits per heavy atom. The van der Waals surface area contributed by atoms with Crippen LogP contribution in [0.5, 0.6) is 0 Å². The highest BCUT2D eigenvalue weighted by atomic mass is 32.2. The number of benzene rings is 2. The molecule has 0 radical (unpaired) electrons. The molecule has 3 aromatic rings. The van der Waals surface area contributed by atoms with E-state index >= 15 is 0 Å². The summed E-state index contributed by atoms with van der Waals surface area (Å²) < 4.78 is 26.5. The Morgan fingerprint density at radius 1 is 1.06 bits per heavy atom. The van der Waals surface area contributed by atoms with E-state index in [1.165, 1.54) is 9.21 Å². The quantitative estimate of drug-likeness (QED) is 0.571. The summed E-state index contributed by atoms with van der Waals surface area (Å²) in [5.41, 5.74) is 2.90. The third kappa shape index (κ3) is 4.27. The Bertz CT molecular complexity index is 1390. The van der Waals surface area contributed by atoms with Crippen molar-refractivity contribution in [2.45, 2.75) is 31.8 Å². The van der Waals surface area contributed by atoms with E-state index in [-0.39, 0.29) is 24.2 Å². The van der Waals surface area contributed by atoms with Crippen LogP contribution in [0.2, 0.25) is 0 Å². The predicted molar refractivity (Wildman–Crippen MR) is 135 cm³/mol. The molecule has 35 heavy (non-hydrogen) atoms. The van der Waals surface area contributed by atoms with Gasteiger partial charge in [0.25, 0.3) is 5.91 Å². The fraction of sp³-hybridized carbons (Fsp3) is 0.269. The molecule has 180 valence electrons. The number of aromatic nitrogens is 1. The fourth-order valence-electron chi connectivity index (χ4n) is 4.69. The Labute approximate surface area is 205 Å². The molecule has 0 aliphatic carbocycles. The van der Waals surface area contributed by atoms with Gasteiger partial charge in [0, 0.05) is 18.9 Å². The van der Waals surface area contributed by atoms with Gasteiger partial charge in [-0.2, -0.15) is 0 Å². The lowest BCUT2D eigenvalue weighted by Gasteiger charge is -2.28. The third-order valence-corrected chi connectivity index (χ3v) is 8.50. The molecule has 0 bridgehead atoms. The number of rotatable bonds is 5. The molecule has 0 spiro atoms. The van der Waals surface area contributed by atoms with Crippen LogP contribution in [-0.4, -0.2) is 42.5 Å². The molecule has 1 atom stereocenters. The van der Waals surface area contributed by atoms with Crippen LogP contribution in [0.25, 0.3) is 11.1 Å². The van der Waals surface area contributed by atoms with Gasteiger partial charge < -0.3 is 5.32 Å². The lowest BCUT2D eigenvalue weighted by atomic mass is 9.89. The third-order valence-electron chi connectivity index (χ3n) is 6.63. The first kappa shape index (κ1) is 23.0. The van der Waals surface area contributed by atoms with Crippen LogP contribution in [0.3, 0.4) is 0 Å². The number of amides is 1. The summed E-state index contributed by atoms with van der Waals surface area (Å²) in [6.07, 6.45) is 4.98. The maximum absolute atomic E-state index is 13.6. The Hall–Kier alpha value is -3.72. The monoisotopic (exact) mass is 489 g/mol. The van der Waals surface area contributed by atoms with E-state index in [4.69, 9.17) is 5.41 Å². The SMILES string of the molecule is CC1(c2cccc(-c3cccnc3)c2)NC(=N)N(Cc2cccc(N3CCCCS3(=O)=O)c2)C1=O. The lowest BCUT2D eigenvalue weighted by Crippen LogP contribution is -2.40. The van der Waals surface area contributed by atoms with E-state index in [1.54, 1.807) is 37.5 Å². The van der Waals surface area contributed by atoms with E-state index in [2.05, 4.69) is 10.3 Å². The van der Waals surface area contributed by atoms with Crippen molar-refractivity contribution in [2.75, 3.05) is 16.6 Å². The molecule has 1 aromatic heterocycles. The molecule has 2 fully saturated rings. The standard InChI is InChI=1S/C26H27N5O3S/c1-26(22-10-5-8-20(16-22)21-9-6-12-28-17-21)24(32)30(25(27)29-26)18-19-7-4-11-23(15-19)31-13-2-3-14-35(31,33)34/h4-12,15-17H,2-3,13-14,18H2,1H3,(H2,27,29). The second-order valence-electron chi connectivity index (χ2n) is 9.08. The Kier molecular flexibility index (Phi) is 5.80. The Morgan fingerprint density at radius 3 is 2.63 bits per heavy atom. The van der Waals surface area contributed by atoms with Gasteiger partial charge in [-0.05, 0) is 66.3 Å². The molecule has 5 rings (SSSR count). The summed E-state index contributed by atoms with van der Waals surface area (Å²) in [4.78, 5) is 19.2. The minimum atomic E-state index is -3.33. The van der Waals surface area contributed by atoms with Crippen LogP contribution < -0.4 is 9.62 Å². The molecule has 0 saturated carbocycles. The first-order chi connectivity index (χ1) is 16.8. The van der Waals surface area contributed by atoms with Gasteiger partial charge in [-0.15, -0.1) is 0 Å². The van der Waals surface area contributed by atoms with Crippen LogP contribution in [0.4, 0.5) is 5.69 Å². The van der Waals surface area contributed by atoms with Gasteiger partial charge in [-0.1, -0.05) is 36.4 Å². The predicted octanol–water partition coefficient (Wildman–Crippen LogP) is 3.46. The van der Waals surface area contributed by atoms with Gasteiger partial charge >= 0.3 is 0 Å². The molecule has 2 N–H and O–H groups in total. The lowest BCUT2D eigenvalue weighted by molar-refractivity contribution is -0.131. The molecule has 2 aliphatic rings. The number of nitrogens with one attached hydrogen (secondary N) is 2. The zero-order valence-electron chi connectivity index (χ0n) is 19.4. The first-order valence-corrected chi connectivity index (χ1v) is 13.2. The first-order valence-electron chi connectivity index (χ1n) is 11.6. The van der Waals surface area contributed by atoms with Gasteiger partial charge in [0.2, 0.25) is 10.0 Å². The minimum Gasteiger partial charge on any atom is -0.338 e. The van der Waals surface area contributed by atoms with Gasteiger partial charge in [0.15, 0.2) is 5.96 Å². The van der Waals surface area contributed by atoms with Crippen LogP contribution in [-0.2, 0) is 26.9 Å². The average molecular weight is 490 g/mol. The summed E-state index contributed by atoms with van der Waals surface area (Å²) in [5, 5.41) is 11.6. The number of nitrogens with zero attached hydrogens (tertiary/aromatic N) is 3. The van der Waals surface area contributed by atoms with Crippen molar-refractivity contribution in [1.29, 1.82) is 5.41 Å². The Balaban J connectivity index is 1.40. The van der Waals surface area contributed by atoms with Crippen LogP contribution in [0.1, 0.15) is 30.9 Å². The number of carbonyl (C=O) groups is 1. The summed E-state index contributed by atoms with van der Waals surface area (Å²) >= 11 is 0. The summed E-state index contributed by atoms with van der Waals surface area (Å²) in [6, 6.07) is 18.7. The van der Waals surface area contributed by atoms with E-state index < -0.39 is 15.6 Å². The average Bonchev–Trinajstić information content (AvgIpc) is 3.08. The topological polar surface area (TPSA) is 106 Å². The molecule has 2 aliphatic heterocycles. The largest absolute Gasteiger partial charge is 0.338 e. The molecular formula is C26H27N5O3S. The number of pyridine rings is 1. The highest BCUT2D eigenvalue weighted by Crippen LogP contribution is 2.33. The van der Waals surface area contributed by atoms with Gasteiger partial charge in [0.05, 0.1) is 18.0 Å². The summed E-state index contributed by atoms with van der Waals surface area (Å²) in [5.74, 6) is -0.0746. The van der Waals surface area contributed by atoms with Crippen LogP contribution >= 0.6 is 0 Å². The number of sulfonamides is 1. The molecule has 8 nitrogen and oxygen atoms in total. The number of hydrogen-bond donors (Lipinski definition) is 2. The highest BCUT2D eigenvalue weighted by Gasteiger charge is 2.47. The molecular weight excluding hydrogens is 462 g/mol. The van der Waals surface area contributed by atoms with Crippen molar-refractivity contribution in [3.8, 4) is 11.1 Å². The van der Waals surface area contributed by atoms with Crippen LogP contribution in [0, 0.1) is 5.41 Å². The fourth-order valence-corrected chi connectivity index (χ4v) is 6.32. The van der Waals surface area contributed by atoms with E-state index in [9.17, 15) is 13.2 Å². The van der Waals surface area contributed by atoms with Crippen LogP contribution in [0.15, 0.2) is 73.1 Å². The van der Waals surface area contributed by atoms with Crippen molar-refractivity contribution >= 4 is 27.6 Å². The van der Waals surface area contributed by atoms with E-state index in [1.807, 2.05) is 42.5 Å². The van der Waals surface area contributed by atoms with E-state index in [0.29, 0.717) is 18.7 Å². The maximum Gasteiger partial charge on any atom is 0.259 e. The number of anilines is 1. The number of carbonyl (C=O) groups excluding carboxylic acids is 1. The minimum absolute atomic E-state index is 0.0141. The maximum atomic E-state index is 13.6. The number of hydrogen-bond acceptors (Lipinski definition) is 5. The number of guanidine groups is 1.